The van der Waals surface area contributed by atoms with Crippen molar-refractivity contribution < 1.29 is 23.9 Å². The molecule has 2 N–H and O–H groups in total. The number of carbonyl (C=O) groups is 3. The molecule has 0 aromatic heterocycles. The molecule has 1 fully saturated rings. The van der Waals surface area contributed by atoms with Gasteiger partial charge >= 0.3 is 0 Å². The van der Waals surface area contributed by atoms with E-state index in [2.05, 4.69) is 10.6 Å². The molecular formula is C35H29N3O5. The zero-order valence-electron chi connectivity index (χ0n) is 23.6. The number of Topliss-reactive ketones (excluding diaryl/α,β-unsaturated/α-hetero) is 1. The number of rotatable bonds is 6. The number of hydrogen-bond donors (Lipinski definition) is 2. The van der Waals surface area contributed by atoms with Gasteiger partial charge in [-0.15, -0.1) is 0 Å². The van der Waals surface area contributed by atoms with E-state index in [1.807, 2.05) is 83.8 Å². The van der Waals surface area contributed by atoms with E-state index in [1.54, 1.807) is 30.3 Å². The van der Waals surface area contributed by atoms with E-state index in [9.17, 15) is 14.4 Å². The van der Waals surface area contributed by atoms with Crippen LogP contribution in [0.1, 0.15) is 21.5 Å². The third-order valence-corrected chi connectivity index (χ3v) is 8.80. The van der Waals surface area contributed by atoms with Crippen LogP contribution in [-0.4, -0.2) is 43.9 Å². The Morgan fingerprint density at radius 3 is 2.37 bits per heavy atom. The minimum Gasteiger partial charge on any atom is -0.493 e. The number of fused-ring (bicyclic) bond motifs is 6. The summed E-state index contributed by atoms with van der Waals surface area (Å²) in [6, 6.07) is 27.6. The number of nitrogens with zero attached hydrogens (tertiary/aromatic N) is 1. The fraction of sp³-hybridized carbons (Fsp3) is 0.171. The molecule has 2 amide bonds. The summed E-state index contributed by atoms with van der Waals surface area (Å²) >= 11 is 0. The lowest BCUT2D eigenvalue weighted by Gasteiger charge is -2.37. The Bertz CT molecular complexity index is 1800. The quantitative estimate of drug-likeness (QED) is 0.304. The zero-order chi connectivity index (χ0) is 29.7. The van der Waals surface area contributed by atoms with Gasteiger partial charge < -0.3 is 25.0 Å². The number of methoxy groups -OCH3 is 2. The summed E-state index contributed by atoms with van der Waals surface area (Å²) in [6.07, 6.45) is 3.93. The summed E-state index contributed by atoms with van der Waals surface area (Å²) in [5.41, 5.74) is 2.51. The van der Waals surface area contributed by atoms with E-state index in [0.29, 0.717) is 34.0 Å². The number of benzene rings is 4. The molecule has 7 rings (SSSR count). The lowest BCUT2D eigenvalue weighted by Crippen LogP contribution is -2.51. The van der Waals surface area contributed by atoms with Gasteiger partial charge in [0.25, 0.3) is 0 Å². The number of hydrogen-bond acceptors (Lipinski definition) is 6. The van der Waals surface area contributed by atoms with Gasteiger partial charge in [0.2, 0.25) is 11.8 Å². The second kappa shape index (κ2) is 10.2. The van der Waals surface area contributed by atoms with Gasteiger partial charge in [0.05, 0.1) is 26.2 Å². The van der Waals surface area contributed by atoms with E-state index in [-0.39, 0.29) is 17.6 Å². The molecule has 0 radical (unpaired) electrons. The molecule has 8 nitrogen and oxygen atoms in total. The first-order valence-electron chi connectivity index (χ1n) is 14.1. The number of para-hydroxylation sites is 3. The Balaban J connectivity index is 1.48. The van der Waals surface area contributed by atoms with Gasteiger partial charge in [0.15, 0.2) is 17.3 Å². The van der Waals surface area contributed by atoms with Crippen LogP contribution in [0.3, 0.4) is 0 Å². The number of ketones is 1. The van der Waals surface area contributed by atoms with Crippen LogP contribution in [0, 0.1) is 5.92 Å². The van der Waals surface area contributed by atoms with Crippen LogP contribution >= 0.6 is 0 Å². The SMILES string of the molecule is COc1ccc(C(=O)[C@@H]2[C@@H](C(=O)Nc3ccccc3)N3c4ccccc4C=C[C@@H]3[C@]23C(=O)Nc2ccccc23)cc1OC. The number of amides is 2. The Morgan fingerprint density at radius 1 is 0.860 bits per heavy atom. The van der Waals surface area contributed by atoms with Gasteiger partial charge in [-0.1, -0.05) is 66.7 Å². The largest absolute Gasteiger partial charge is 0.493 e. The minimum atomic E-state index is -1.40. The van der Waals surface area contributed by atoms with Crippen molar-refractivity contribution in [2.24, 2.45) is 5.92 Å². The van der Waals surface area contributed by atoms with Crippen LogP contribution in [0.15, 0.2) is 103 Å². The molecule has 3 aliphatic rings. The normalized spacial score (nSPS) is 22.8. The van der Waals surface area contributed by atoms with E-state index in [1.165, 1.54) is 14.2 Å². The summed E-state index contributed by atoms with van der Waals surface area (Å²) in [5, 5.41) is 6.08. The lowest BCUT2D eigenvalue weighted by atomic mass is 9.64. The van der Waals surface area contributed by atoms with Crippen molar-refractivity contribution in [3.05, 3.63) is 120 Å². The van der Waals surface area contributed by atoms with Crippen LogP contribution < -0.4 is 25.0 Å². The molecule has 0 aliphatic carbocycles. The van der Waals surface area contributed by atoms with Crippen LogP contribution in [-0.2, 0) is 15.0 Å². The Morgan fingerprint density at radius 2 is 1.58 bits per heavy atom. The minimum absolute atomic E-state index is 0.314. The highest BCUT2D eigenvalue weighted by Gasteiger charge is 2.70. The fourth-order valence-electron chi connectivity index (χ4n) is 7.03. The second-order valence-corrected chi connectivity index (χ2v) is 10.9. The second-order valence-electron chi connectivity index (χ2n) is 10.9. The Labute approximate surface area is 248 Å². The van der Waals surface area contributed by atoms with Crippen LogP contribution in [0.25, 0.3) is 6.08 Å². The summed E-state index contributed by atoms with van der Waals surface area (Å²) in [5.74, 6) is -1.29. The molecule has 214 valence electrons. The van der Waals surface area contributed by atoms with Crippen LogP contribution in [0.2, 0.25) is 0 Å². The topological polar surface area (TPSA) is 97.0 Å². The van der Waals surface area contributed by atoms with Gasteiger partial charge in [-0.05, 0) is 53.6 Å². The molecule has 0 unspecified atom stereocenters. The van der Waals surface area contributed by atoms with Crippen LogP contribution in [0.4, 0.5) is 17.1 Å². The molecule has 1 saturated heterocycles. The van der Waals surface area contributed by atoms with Crippen molar-refractivity contribution >= 4 is 40.7 Å². The first kappa shape index (κ1) is 26.5. The van der Waals surface area contributed by atoms with Crippen LogP contribution in [0.5, 0.6) is 11.5 Å². The molecule has 3 aliphatic heterocycles. The van der Waals surface area contributed by atoms with Crippen molar-refractivity contribution in [2.45, 2.75) is 17.5 Å². The molecular weight excluding hydrogens is 542 g/mol. The van der Waals surface area contributed by atoms with Crippen molar-refractivity contribution in [3.8, 4) is 11.5 Å². The Kier molecular flexibility index (Phi) is 6.27. The van der Waals surface area contributed by atoms with E-state index in [0.717, 1.165) is 11.3 Å². The maximum absolute atomic E-state index is 14.9. The maximum Gasteiger partial charge on any atom is 0.247 e. The van der Waals surface area contributed by atoms with Gasteiger partial charge in [-0.3, -0.25) is 14.4 Å². The third kappa shape index (κ3) is 3.86. The lowest BCUT2D eigenvalue weighted by molar-refractivity contribution is -0.122. The summed E-state index contributed by atoms with van der Waals surface area (Å²) in [4.78, 5) is 45.8. The number of ether oxygens (including phenoxy) is 2. The highest BCUT2D eigenvalue weighted by atomic mass is 16.5. The number of carbonyl (C=O) groups excluding carboxylic acids is 3. The Hall–Kier alpha value is -5.37. The first-order valence-corrected chi connectivity index (χ1v) is 14.1. The highest BCUT2D eigenvalue weighted by Crippen LogP contribution is 2.57. The van der Waals surface area contributed by atoms with E-state index in [4.69, 9.17) is 9.47 Å². The van der Waals surface area contributed by atoms with E-state index < -0.39 is 23.4 Å². The molecule has 0 saturated carbocycles. The maximum atomic E-state index is 14.9. The molecule has 43 heavy (non-hydrogen) atoms. The average Bonchev–Trinajstić information content (AvgIpc) is 3.53. The van der Waals surface area contributed by atoms with Crippen molar-refractivity contribution in [2.75, 3.05) is 29.8 Å². The molecule has 3 heterocycles. The van der Waals surface area contributed by atoms with Gasteiger partial charge in [-0.25, -0.2) is 0 Å². The van der Waals surface area contributed by atoms with E-state index >= 15 is 0 Å². The number of nitrogens with one attached hydrogen (secondary N) is 2. The molecule has 0 bridgehead atoms. The smallest absolute Gasteiger partial charge is 0.247 e. The molecule has 4 atom stereocenters. The summed E-state index contributed by atoms with van der Waals surface area (Å²) in [7, 11) is 3.03. The zero-order valence-corrected chi connectivity index (χ0v) is 23.6. The van der Waals surface area contributed by atoms with Crippen molar-refractivity contribution in [1.29, 1.82) is 0 Å². The van der Waals surface area contributed by atoms with Crippen molar-refractivity contribution in [3.63, 3.8) is 0 Å². The fourth-order valence-corrected chi connectivity index (χ4v) is 7.03. The highest BCUT2D eigenvalue weighted by molar-refractivity contribution is 6.17. The summed E-state index contributed by atoms with van der Waals surface area (Å²) in [6.45, 7) is 0. The summed E-state index contributed by atoms with van der Waals surface area (Å²) < 4.78 is 10.9. The molecule has 1 spiro atoms. The predicted octanol–water partition coefficient (Wildman–Crippen LogP) is 5.32. The third-order valence-electron chi connectivity index (χ3n) is 8.80. The molecule has 4 aromatic carbocycles. The monoisotopic (exact) mass is 571 g/mol. The number of anilines is 3. The predicted molar refractivity (Wildman–Crippen MR) is 165 cm³/mol. The van der Waals surface area contributed by atoms with Gasteiger partial charge in [0.1, 0.15) is 11.5 Å². The van der Waals surface area contributed by atoms with Gasteiger partial charge in [-0.2, -0.15) is 0 Å². The standard InChI is InChI=1S/C35H29N3O5/c1-42-27-18-16-22(20-28(27)43-2)32(39)30-31(33(40)36-23-11-4-3-5-12-23)38-26-15-9-6-10-21(26)17-19-29(38)35(30)24-13-7-8-14-25(24)37-34(35)41/h3-20,29-31H,1-2H3,(H,36,40)(H,37,41)/t29-,30+,31+,35+/m1/s1. The van der Waals surface area contributed by atoms with Crippen molar-refractivity contribution in [1.82, 2.24) is 0 Å². The molecule has 8 heteroatoms. The average molecular weight is 572 g/mol. The first-order chi connectivity index (χ1) is 21.0. The molecule has 4 aromatic rings. The van der Waals surface area contributed by atoms with Gasteiger partial charge in [0, 0.05) is 22.6 Å².